The maximum Gasteiger partial charge on any atom is 0.0587 e. The highest BCUT2D eigenvalue weighted by atomic mass is 16.5. The zero-order valence-electron chi connectivity index (χ0n) is 9.86. The Hall–Kier alpha value is -0.930. The van der Waals surface area contributed by atoms with Gasteiger partial charge in [0.15, 0.2) is 0 Å². The second-order valence-electron chi connectivity index (χ2n) is 4.32. The fraction of sp³-hybridized carbons (Fsp3) is 0.615. The lowest BCUT2D eigenvalue weighted by molar-refractivity contribution is -0.000369. The zero-order valence-corrected chi connectivity index (χ0v) is 9.86. The molecule has 1 aromatic rings. The van der Waals surface area contributed by atoms with Crippen LogP contribution in [0.3, 0.4) is 0 Å². The molecule has 2 atom stereocenters. The van der Waals surface area contributed by atoms with Gasteiger partial charge in [0.05, 0.1) is 11.8 Å². The van der Waals surface area contributed by atoms with Crippen LogP contribution < -0.4 is 5.32 Å². The second kappa shape index (κ2) is 5.97. The van der Waals surface area contributed by atoms with Crippen molar-refractivity contribution < 1.29 is 4.74 Å². The monoisotopic (exact) mass is 220 g/mol. The summed E-state index contributed by atoms with van der Waals surface area (Å²) in [5.74, 6) is 0. The van der Waals surface area contributed by atoms with Crippen LogP contribution in [0.1, 0.15) is 31.9 Å². The summed E-state index contributed by atoms with van der Waals surface area (Å²) in [6.45, 7) is 3.94. The van der Waals surface area contributed by atoms with Gasteiger partial charge in [0, 0.05) is 25.4 Å². The molecule has 2 rings (SSSR count). The first-order valence-corrected chi connectivity index (χ1v) is 6.13. The standard InChI is InChI=1S/C13H20N2O/c1-2-13-9-11(6-8-16-13)15-10-12-5-3-4-7-14-12/h3-5,7,11,13,15H,2,6,8-10H2,1H3. The van der Waals surface area contributed by atoms with E-state index in [-0.39, 0.29) is 0 Å². The molecule has 0 radical (unpaired) electrons. The van der Waals surface area contributed by atoms with Gasteiger partial charge in [0.25, 0.3) is 0 Å². The molecule has 0 saturated carbocycles. The fourth-order valence-electron chi connectivity index (χ4n) is 2.10. The Kier molecular flexibility index (Phi) is 4.31. The average molecular weight is 220 g/mol. The van der Waals surface area contributed by atoms with E-state index in [2.05, 4.69) is 23.3 Å². The number of pyridine rings is 1. The van der Waals surface area contributed by atoms with Crippen LogP contribution in [0.25, 0.3) is 0 Å². The quantitative estimate of drug-likeness (QED) is 0.844. The number of hydrogen-bond donors (Lipinski definition) is 1. The first-order chi connectivity index (χ1) is 7.88. The lowest BCUT2D eigenvalue weighted by Gasteiger charge is -2.29. The summed E-state index contributed by atoms with van der Waals surface area (Å²) in [5, 5.41) is 3.56. The van der Waals surface area contributed by atoms with Gasteiger partial charge in [0.2, 0.25) is 0 Å². The molecule has 16 heavy (non-hydrogen) atoms. The van der Waals surface area contributed by atoms with Crippen LogP contribution in [0.5, 0.6) is 0 Å². The Morgan fingerprint density at radius 1 is 1.50 bits per heavy atom. The lowest BCUT2D eigenvalue weighted by atomic mass is 10.0. The molecule has 3 nitrogen and oxygen atoms in total. The molecular formula is C13H20N2O. The van der Waals surface area contributed by atoms with E-state index >= 15 is 0 Å². The summed E-state index contributed by atoms with van der Waals surface area (Å²) in [6, 6.07) is 6.62. The average Bonchev–Trinajstić information content (AvgIpc) is 2.38. The highest BCUT2D eigenvalue weighted by Crippen LogP contribution is 2.16. The molecule has 0 aromatic carbocycles. The number of rotatable bonds is 4. The SMILES string of the molecule is CCC1CC(NCc2ccccn2)CCO1. The van der Waals surface area contributed by atoms with Gasteiger partial charge >= 0.3 is 0 Å². The minimum absolute atomic E-state index is 0.440. The summed E-state index contributed by atoms with van der Waals surface area (Å²) in [6.07, 6.45) is 5.64. The van der Waals surface area contributed by atoms with Crippen molar-refractivity contribution in [2.45, 2.75) is 44.9 Å². The van der Waals surface area contributed by atoms with Crippen LogP contribution in [0.4, 0.5) is 0 Å². The molecule has 1 N–H and O–H groups in total. The molecule has 1 fully saturated rings. The molecule has 1 aromatic heterocycles. The minimum Gasteiger partial charge on any atom is -0.378 e. The Morgan fingerprint density at radius 2 is 2.44 bits per heavy atom. The molecule has 2 unspecified atom stereocenters. The number of aromatic nitrogens is 1. The van der Waals surface area contributed by atoms with Crippen molar-refractivity contribution in [1.29, 1.82) is 0 Å². The first-order valence-electron chi connectivity index (χ1n) is 6.13. The predicted octanol–water partition coefficient (Wildman–Crippen LogP) is 2.13. The van der Waals surface area contributed by atoms with Gasteiger partial charge in [-0.05, 0) is 31.4 Å². The molecule has 0 amide bonds. The van der Waals surface area contributed by atoms with E-state index in [1.807, 2.05) is 18.3 Å². The van der Waals surface area contributed by atoms with Gasteiger partial charge in [-0.3, -0.25) is 4.98 Å². The van der Waals surface area contributed by atoms with Crippen LogP contribution in [0.15, 0.2) is 24.4 Å². The third kappa shape index (κ3) is 3.29. The van der Waals surface area contributed by atoms with Crippen LogP contribution in [-0.4, -0.2) is 23.7 Å². The summed E-state index contributed by atoms with van der Waals surface area (Å²) in [4.78, 5) is 4.31. The van der Waals surface area contributed by atoms with E-state index < -0.39 is 0 Å². The minimum atomic E-state index is 0.440. The van der Waals surface area contributed by atoms with E-state index in [4.69, 9.17) is 4.74 Å². The van der Waals surface area contributed by atoms with Crippen molar-refractivity contribution in [3.8, 4) is 0 Å². The van der Waals surface area contributed by atoms with Crippen molar-refractivity contribution in [3.63, 3.8) is 0 Å². The lowest BCUT2D eigenvalue weighted by Crippen LogP contribution is -2.38. The zero-order chi connectivity index (χ0) is 11.2. The number of ether oxygens (including phenoxy) is 1. The topological polar surface area (TPSA) is 34.2 Å². The van der Waals surface area contributed by atoms with E-state index in [0.29, 0.717) is 12.1 Å². The van der Waals surface area contributed by atoms with Crippen molar-refractivity contribution in [1.82, 2.24) is 10.3 Å². The summed E-state index contributed by atoms with van der Waals surface area (Å²) in [5.41, 5.74) is 1.11. The predicted molar refractivity (Wildman–Crippen MR) is 64.1 cm³/mol. The Bertz CT molecular complexity index is 302. The highest BCUT2D eigenvalue weighted by Gasteiger charge is 2.20. The Labute approximate surface area is 97.2 Å². The van der Waals surface area contributed by atoms with Crippen molar-refractivity contribution in [2.75, 3.05) is 6.61 Å². The molecule has 0 spiro atoms. The number of hydrogen-bond acceptors (Lipinski definition) is 3. The van der Waals surface area contributed by atoms with Gasteiger partial charge in [-0.15, -0.1) is 0 Å². The van der Waals surface area contributed by atoms with Gasteiger partial charge in [0.1, 0.15) is 0 Å². The van der Waals surface area contributed by atoms with Gasteiger partial charge in [-0.25, -0.2) is 0 Å². The maximum absolute atomic E-state index is 5.65. The fourth-order valence-corrected chi connectivity index (χ4v) is 2.10. The van der Waals surface area contributed by atoms with E-state index in [9.17, 15) is 0 Å². The summed E-state index contributed by atoms with van der Waals surface area (Å²) >= 11 is 0. The molecular weight excluding hydrogens is 200 g/mol. The van der Waals surface area contributed by atoms with Crippen molar-refractivity contribution >= 4 is 0 Å². The van der Waals surface area contributed by atoms with Crippen molar-refractivity contribution in [2.24, 2.45) is 0 Å². The first kappa shape index (κ1) is 11.6. The third-order valence-corrected chi connectivity index (χ3v) is 3.12. The van der Waals surface area contributed by atoms with Crippen LogP contribution >= 0.6 is 0 Å². The molecule has 2 heterocycles. The Balaban J connectivity index is 1.77. The normalized spacial score (nSPS) is 25.6. The molecule has 1 aliphatic heterocycles. The molecule has 3 heteroatoms. The van der Waals surface area contributed by atoms with E-state index in [0.717, 1.165) is 38.1 Å². The van der Waals surface area contributed by atoms with Crippen molar-refractivity contribution in [3.05, 3.63) is 30.1 Å². The molecule has 1 aliphatic rings. The molecule has 0 bridgehead atoms. The van der Waals surface area contributed by atoms with Gasteiger partial charge in [-0.1, -0.05) is 13.0 Å². The maximum atomic E-state index is 5.65. The summed E-state index contributed by atoms with van der Waals surface area (Å²) in [7, 11) is 0. The molecule has 0 aliphatic carbocycles. The molecule has 88 valence electrons. The smallest absolute Gasteiger partial charge is 0.0587 e. The van der Waals surface area contributed by atoms with E-state index in [1.165, 1.54) is 0 Å². The van der Waals surface area contributed by atoms with Gasteiger partial charge in [-0.2, -0.15) is 0 Å². The second-order valence-corrected chi connectivity index (χ2v) is 4.32. The largest absolute Gasteiger partial charge is 0.378 e. The Morgan fingerprint density at radius 3 is 3.19 bits per heavy atom. The van der Waals surface area contributed by atoms with E-state index in [1.54, 1.807) is 0 Å². The van der Waals surface area contributed by atoms with Crippen LogP contribution in [-0.2, 0) is 11.3 Å². The van der Waals surface area contributed by atoms with Crippen LogP contribution in [0.2, 0.25) is 0 Å². The molecule has 1 saturated heterocycles. The van der Waals surface area contributed by atoms with Gasteiger partial charge < -0.3 is 10.1 Å². The number of nitrogens with zero attached hydrogens (tertiary/aromatic N) is 1. The van der Waals surface area contributed by atoms with Crippen LogP contribution in [0, 0.1) is 0 Å². The number of nitrogens with one attached hydrogen (secondary N) is 1. The highest BCUT2D eigenvalue weighted by molar-refractivity contribution is 5.03. The summed E-state index contributed by atoms with van der Waals surface area (Å²) < 4.78 is 5.65. The third-order valence-electron chi connectivity index (χ3n) is 3.12.